The second-order valence-electron chi connectivity index (χ2n) is 8.38. The third-order valence-electron chi connectivity index (χ3n) is 5.78. The summed E-state index contributed by atoms with van der Waals surface area (Å²) in [7, 11) is 0. The third kappa shape index (κ3) is 7.89. The smallest absolute Gasteiger partial charge is 0.251 e. The van der Waals surface area contributed by atoms with Crippen LogP contribution >= 0.6 is 0 Å². The van der Waals surface area contributed by atoms with Crippen LogP contribution in [0.2, 0.25) is 0 Å². The number of nitrogens with two attached hydrogens (primary N) is 2. The highest BCUT2D eigenvalue weighted by Crippen LogP contribution is 2.32. The average molecular weight is 503 g/mol. The Morgan fingerprint density at radius 2 is 1.41 bits per heavy atom. The summed E-state index contributed by atoms with van der Waals surface area (Å²) in [5, 5.41) is 9.72. The van der Waals surface area contributed by atoms with E-state index in [-0.39, 0.29) is 31.3 Å². The molecule has 0 spiro atoms. The zero-order valence-corrected chi connectivity index (χ0v) is 20.3. The van der Waals surface area contributed by atoms with Crippen LogP contribution in [0.1, 0.15) is 35.6 Å². The van der Waals surface area contributed by atoms with E-state index in [9.17, 15) is 19.7 Å². The second kappa shape index (κ2) is 13.4. The van der Waals surface area contributed by atoms with Crippen LogP contribution in [0.15, 0.2) is 96.0 Å². The van der Waals surface area contributed by atoms with Crippen LogP contribution in [0.5, 0.6) is 0 Å². The number of guanidine groups is 1. The van der Waals surface area contributed by atoms with Gasteiger partial charge in [-0.1, -0.05) is 96.4 Å². The summed E-state index contributed by atoms with van der Waals surface area (Å²) in [5.41, 5.74) is 15.6. The fourth-order valence-electron chi connectivity index (χ4n) is 4.18. The molecule has 0 aliphatic carbocycles. The van der Waals surface area contributed by atoms with Crippen molar-refractivity contribution >= 4 is 17.8 Å². The summed E-state index contributed by atoms with van der Waals surface area (Å²) in [5.74, 6) is -1.26. The van der Waals surface area contributed by atoms with Crippen LogP contribution in [-0.2, 0) is 16.0 Å². The molecule has 0 aliphatic heterocycles. The van der Waals surface area contributed by atoms with E-state index < -0.39 is 23.0 Å². The van der Waals surface area contributed by atoms with Crippen molar-refractivity contribution in [2.45, 2.75) is 31.3 Å². The lowest BCUT2D eigenvalue weighted by molar-refractivity contribution is -0.525. The predicted molar refractivity (Wildman–Crippen MR) is 141 cm³/mol. The largest absolute Gasteiger partial charge is 0.368 e. The van der Waals surface area contributed by atoms with Gasteiger partial charge in [-0.05, 0) is 29.5 Å². The molecule has 3 rings (SSSR count). The molecule has 3 aromatic rings. The first-order valence-electron chi connectivity index (χ1n) is 11.8. The molecule has 1 atom stereocenters. The highest BCUT2D eigenvalue weighted by atomic mass is 16.7. The lowest BCUT2D eigenvalue weighted by Crippen LogP contribution is -2.50. The van der Waals surface area contributed by atoms with Gasteiger partial charge in [0.15, 0.2) is 5.03 Å². The standard InChI is InChI=1S/C27H30N6O4/c28-26(35)23(17-10-18-30-27(29)31-33(36)37)32(24(34)19-20-11-4-1-5-12-20)25(21-13-6-2-7-14-21)22-15-8-3-9-16-22/h1-9,11-16,23,25H,10,17-19H2,(H2,28,35)(H3,29,30,31)/t23-/m1/s1. The van der Waals surface area contributed by atoms with E-state index in [1.54, 1.807) is 10.3 Å². The summed E-state index contributed by atoms with van der Waals surface area (Å²) in [6.45, 7) is 0.110. The molecule has 0 saturated carbocycles. The second-order valence-corrected chi connectivity index (χ2v) is 8.38. The molecule has 0 bridgehead atoms. The third-order valence-corrected chi connectivity index (χ3v) is 5.78. The molecule has 0 heterocycles. The number of rotatable bonds is 12. The van der Waals surface area contributed by atoms with Gasteiger partial charge in [-0.15, -0.1) is 0 Å². The number of hydrazine groups is 1. The summed E-state index contributed by atoms with van der Waals surface area (Å²) in [6, 6.07) is 26.7. The number of nitro groups is 1. The van der Waals surface area contributed by atoms with Crippen molar-refractivity contribution in [1.29, 1.82) is 0 Å². The van der Waals surface area contributed by atoms with Crippen molar-refractivity contribution in [3.05, 3.63) is 118 Å². The minimum atomic E-state index is -0.957. The quantitative estimate of drug-likeness (QED) is 0.114. The number of hydrogen-bond acceptors (Lipinski definition) is 5. The van der Waals surface area contributed by atoms with Gasteiger partial charge in [-0.3, -0.25) is 9.59 Å². The monoisotopic (exact) mass is 502 g/mol. The molecule has 2 amide bonds. The summed E-state index contributed by atoms with van der Waals surface area (Å²) >= 11 is 0. The van der Waals surface area contributed by atoms with Crippen molar-refractivity contribution in [3.8, 4) is 0 Å². The Morgan fingerprint density at radius 1 is 0.892 bits per heavy atom. The van der Waals surface area contributed by atoms with E-state index in [4.69, 9.17) is 11.5 Å². The Hall–Kier alpha value is -4.73. The lowest BCUT2D eigenvalue weighted by atomic mass is 9.93. The Bertz CT molecular complexity index is 1170. The first kappa shape index (κ1) is 26.9. The maximum Gasteiger partial charge on any atom is 0.251 e. The molecule has 0 radical (unpaired) electrons. The van der Waals surface area contributed by atoms with Crippen molar-refractivity contribution in [2.75, 3.05) is 6.54 Å². The van der Waals surface area contributed by atoms with E-state index in [1.807, 2.05) is 91.0 Å². The number of aliphatic imine (C=N–C) groups is 1. The van der Waals surface area contributed by atoms with Gasteiger partial charge >= 0.3 is 0 Å². The van der Waals surface area contributed by atoms with Crippen LogP contribution in [0, 0.1) is 10.1 Å². The highest BCUT2D eigenvalue weighted by molar-refractivity contribution is 5.88. The van der Waals surface area contributed by atoms with Gasteiger partial charge in [-0.25, -0.2) is 15.1 Å². The first-order valence-corrected chi connectivity index (χ1v) is 11.8. The number of nitrogens with one attached hydrogen (secondary N) is 1. The summed E-state index contributed by atoms with van der Waals surface area (Å²) in [4.78, 5) is 42.7. The van der Waals surface area contributed by atoms with Crippen molar-refractivity contribution in [3.63, 3.8) is 0 Å². The van der Waals surface area contributed by atoms with E-state index in [0.717, 1.165) is 16.7 Å². The topological polar surface area (TPSA) is 157 Å². The van der Waals surface area contributed by atoms with Crippen LogP contribution in [0.25, 0.3) is 0 Å². The fourth-order valence-corrected chi connectivity index (χ4v) is 4.18. The Morgan fingerprint density at radius 3 is 1.89 bits per heavy atom. The van der Waals surface area contributed by atoms with Crippen molar-refractivity contribution < 1.29 is 14.6 Å². The molecule has 192 valence electrons. The van der Waals surface area contributed by atoms with Crippen molar-refractivity contribution in [1.82, 2.24) is 10.3 Å². The SMILES string of the molecule is NC(=O)[C@@H](CCCN=C(N)N[N+](=O)[O-])N(C(=O)Cc1ccccc1)C(c1ccccc1)c1ccccc1. The molecule has 37 heavy (non-hydrogen) atoms. The van der Waals surface area contributed by atoms with Gasteiger partial charge in [0.25, 0.3) is 5.96 Å². The Labute approximate surface area is 215 Å². The fraction of sp³-hybridized carbons (Fsp3) is 0.222. The van der Waals surface area contributed by atoms with Crippen LogP contribution in [0.3, 0.4) is 0 Å². The molecule has 0 saturated heterocycles. The number of nitrogens with zero attached hydrogens (tertiary/aromatic N) is 3. The maximum atomic E-state index is 13.9. The molecule has 5 N–H and O–H groups in total. The normalized spacial score (nSPS) is 12.1. The maximum absolute atomic E-state index is 13.9. The van der Waals surface area contributed by atoms with E-state index in [0.29, 0.717) is 6.42 Å². The zero-order valence-electron chi connectivity index (χ0n) is 20.3. The van der Waals surface area contributed by atoms with Crippen LogP contribution in [0.4, 0.5) is 0 Å². The average Bonchev–Trinajstić information content (AvgIpc) is 2.88. The Balaban J connectivity index is 1.99. The molecule has 10 nitrogen and oxygen atoms in total. The van der Waals surface area contributed by atoms with Gasteiger partial charge in [0, 0.05) is 6.54 Å². The van der Waals surface area contributed by atoms with Gasteiger partial charge in [0.1, 0.15) is 6.04 Å². The summed E-state index contributed by atoms with van der Waals surface area (Å²) < 4.78 is 0. The molecule has 0 aromatic heterocycles. The number of amides is 2. The molecule has 10 heteroatoms. The van der Waals surface area contributed by atoms with Gasteiger partial charge in [-0.2, -0.15) is 0 Å². The van der Waals surface area contributed by atoms with Crippen molar-refractivity contribution in [2.24, 2.45) is 16.5 Å². The molecule has 3 aromatic carbocycles. The molecular formula is C27H30N6O4. The zero-order chi connectivity index (χ0) is 26.6. The van der Waals surface area contributed by atoms with E-state index >= 15 is 0 Å². The minimum absolute atomic E-state index is 0.0820. The number of carbonyl (C=O) groups excluding carboxylic acids is 2. The molecule has 0 unspecified atom stereocenters. The molecule has 0 aliphatic rings. The number of primary amides is 1. The predicted octanol–water partition coefficient (Wildman–Crippen LogP) is 2.58. The first-order chi connectivity index (χ1) is 17.9. The van der Waals surface area contributed by atoms with Gasteiger partial charge < -0.3 is 16.4 Å². The molecule has 0 fully saturated rings. The van der Waals surface area contributed by atoms with Gasteiger partial charge in [0.2, 0.25) is 11.8 Å². The van der Waals surface area contributed by atoms with Crippen LogP contribution in [-0.4, -0.2) is 40.3 Å². The minimum Gasteiger partial charge on any atom is -0.368 e. The number of benzene rings is 3. The van der Waals surface area contributed by atoms with Crippen LogP contribution < -0.4 is 16.9 Å². The van der Waals surface area contributed by atoms with Gasteiger partial charge in [0.05, 0.1) is 12.5 Å². The summed E-state index contributed by atoms with van der Waals surface area (Å²) in [6.07, 6.45) is 0.596. The lowest BCUT2D eigenvalue weighted by Gasteiger charge is -2.38. The molecular weight excluding hydrogens is 472 g/mol. The van der Waals surface area contributed by atoms with E-state index in [2.05, 4.69) is 4.99 Å². The Kier molecular flexibility index (Phi) is 9.72. The number of hydrogen-bond donors (Lipinski definition) is 3. The van der Waals surface area contributed by atoms with E-state index in [1.165, 1.54) is 0 Å². The highest BCUT2D eigenvalue weighted by Gasteiger charge is 2.35. The number of carbonyl (C=O) groups is 2.